The number of hydrogen-bond donors (Lipinski definition) is 1. The van der Waals surface area contributed by atoms with Crippen LogP contribution in [-0.4, -0.2) is 36.9 Å². The van der Waals surface area contributed by atoms with Crippen molar-refractivity contribution in [2.45, 2.75) is 11.7 Å². The van der Waals surface area contributed by atoms with Crippen LogP contribution in [0.5, 0.6) is 5.75 Å². The summed E-state index contributed by atoms with van der Waals surface area (Å²) in [6, 6.07) is 11.7. The average Bonchev–Trinajstić information content (AvgIpc) is 2.88. The van der Waals surface area contributed by atoms with E-state index in [1.807, 2.05) is 12.1 Å². The van der Waals surface area contributed by atoms with Crippen LogP contribution < -0.4 is 10.1 Å². The van der Waals surface area contributed by atoms with Crippen molar-refractivity contribution in [3.8, 4) is 5.75 Å². The van der Waals surface area contributed by atoms with Crippen LogP contribution in [0.3, 0.4) is 0 Å². The number of nitrogens with one attached hydrogen (secondary N) is 1. The molecule has 1 heterocycles. The first-order valence-corrected chi connectivity index (χ1v) is 9.76. The van der Waals surface area contributed by atoms with Gasteiger partial charge in [-0.3, -0.25) is 0 Å². The van der Waals surface area contributed by atoms with Crippen LogP contribution in [-0.2, 0) is 0 Å². The lowest BCUT2D eigenvalue weighted by Gasteiger charge is -2.21. The Labute approximate surface area is 161 Å². The molecule has 0 saturated carbocycles. The summed E-state index contributed by atoms with van der Waals surface area (Å²) in [4.78, 5) is 14.4. The minimum Gasteiger partial charge on any atom is -0.495 e. The van der Waals surface area contributed by atoms with E-state index in [0.29, 0.717) is 41.5 Å². The minimum atomic E-state index is -0.208. The summed E-state index contributed by atoms with van der Waals surface area (Å²) < 4.78 is 19.3. The van der Waals surface area contributed by atoms with Gasteiger partial charge in [-0.2, -0.15) is 11.8 Å². The fourth-order valence-corrected chi connectivity index (χ4v) is 4.36. The number of ether oxygens (including phenoxy) is 1. The van der Waals surface area contributed by atoms with E-state index in [1.165, 1.54) is 6.07 Å². The second-order valence-corrected chi connectivity index (χ2v) is 7.68. The molecule has 2 amide bonds. The van der Waals surface area contributed by atoms with E-state index < -0.39 is 0 Å². The molecule has 0 aromatic heterocycles. The Kier molecular flexibility index (Phi) is 6.27. The van der Waals surface area contributed by atoms with Crippen molar-refractivity contribution in [2.75, 3.05) is 31.3 Å². The zero-order chi connectivity index (χ0) is 18.5. The highest BCUT2D eigenvalue weighted by Gasteiger charge is 2.24. The number of carbonyl (C=O) groups is 1. The van der Waals surface area contributed by atoms with Gasteiger partial charge in [0.2, 0.25) is 0 Å². The van der Waals surface area contributed by atoms with Gasteiger partial charge in [0.1, 0.15) is 11.6 Å². The highest BCUT2D eigenvalue weighted by atomic mass is 35.5. The molecule has 4 nitrogen and oxygen atoms in total. The molecular weight excluding hydrogens is 375 g/mol. The second kappa shape index (κ2) is 8.64. The summed E-state index contributed by atoms with van der Waals surface area (Å²) in [7, 11) is 1.54. The van der Waals surface area contributed by atoms with Crippen LogP contribution >= 0.6 is 23.4 Å². The molecule has 2 aromatic rings. The van der Waals surface area contributed by atoms with E-state index in [1.54, 1.807) is 48.0 Å². The Morgan fingerprint density at radius 1 is 1.31 bits per heavy atom. The third-order valence-electron chi connectivity index (χ3n) is 4.28. The molecule has 1 saturated heterocycles. The Balaban J connectivity index is 1.67. The molecule has 7 heteroatoms. The van der Waals surface area contributed by atoms with E-state index in [-0.39, 0.29) is 17.1 Å². The molecule has 26 heavy (non-hydrogen) atoms. The van der Waals surface area contributed by atoms with Gasteiger partial charge >= 0.3 is 6.03 Å². The molecule has 3 rings (SSSR count). The van der Waals surface area contributed by atoms with Crippen molar-refractivity contribution in [1.82, 2.24) is 4.90 Å². The number of halogens is 2. The number of nitrogens with zero attached hydrogens (tertiary/aromatic N) is 1. The maximum absolute atomic E-state index is 14.0. The SMILES string of the molecule is COc1ccc(Cl)cc1NC(=O)N1CCSC(c2ccccc2F)CC1. The molecule has 0 spiro atoms. The number of amides is 2. The number of urea groups is 1. The minimum absolute atomic E-state index is 0.0507. The molecule has 1 atom stereocenters. The third-order valence-corrected chi connectivity index (χ3v) is 5.83. The highest BCUT2D eigenvalue weighted by molar-refractivity contribution is 7.99. The third kappa shape index (κ3) is 4.43. The number of benzene rings is 2. The normalized spacial score (nSPS) is 17.5. The quantitative estimate of drug-likeness (QED) is 0.777. The van der Waals surface area contributed by atoms with E-state index in [0.717, 1.165) is 5.75 Å². The van der Waals surface area contributed by atoms with Gasteiger partial charge in [0.05, 0.1) is 12.8 Å². The lowest BCUT2D eigenvalue weighted by Crippen LogP contribution is -2.36. The van der Waals surface area contributed by atoms with Crippen LogP contribution in [0.2, 0.25) is 5.02 Å². The number of anilines is 1. The van der Waals surface area contributed by atoms with Crippen molar-refractivity contribution in [1.29, 1.82) is 0 Å². The molecule has 2 aromatic carbocycles. The lowest BCUT2D eigenvalue weighted by molar-refractivity contribution is 0.215. The van der Waals surface area contributed by atoms with Gasteiger partial charge in [-0.15, -0.1) is 0 Å². The average molecular weight is 395 g/mol. The molecule has 0 bridgehead atoms. The second-order valence-electron chi connectivity index (χ2n) is 5.93. The zero-order valence-electron chi connectivity index (χ0n) is 14.4. The van der Waals surface area contributed by atoms with Crippen LogP contribution in [0.25, 0.3) is 0 Å². The number of carbonyl (C=O) groups excluding carboxylic acids is 1. The van der Waals surface area contributed by atoms with E-state index in [2.05, 4.69) is 5.32 Å². The lowest BCUT2D eigenvalue weighted by atomic mass is 10.1. The first-order chi connectivity index (χ1) is 12.6. The summed E-state index contributed by atoms with van der Waals surface area (Å²) >= 11 is 7.69. The Bertz CT molecular complexity index is 790. The maximum atomic E-state index is 14.0. The number of rotatable bonds is 3. The van der Waals surface area contributed by atoms with Crippen LogP contribution in [0.15, 0.2) is 42.5 Å². The molecule has 1 N–H and O–H groups in total. The summed E-state index contributed by atoms with van der Waals surface area (Å²) in [5.41, 5.74) is 1.24. The smallest absolute Gasteiger partial charge is 0.321 e. The molecule has 0 aliphatic carbocycles. The van der Waals surface area contributed by atoms with Gasteiger partial charge in [0.15, 0.2) is 0 Å². The Morgan fingerprint density at radius 2 is 2.12 bits per heavy atom. The number of thioether (sulfide) groups is 1. The van der Waals surface area contributed by atoms with Gasteiger partial charge in [-0.25, -0.2) is 9.18 Å². The molecular formula is C19H20ClFN2O2S. The van der Waals surface area contributed by atoms with Crippen molar-refractivity contribution in [2.24, 2.45) is 0 Å². The molecule has 1 unspecified atom stereocenters. The molecule has 1 fully saturated rings. The fourth-order valence-electron chi connectivity index (χ4n) is 2.93. The standard InChI is InChI=1S/C19H20ClFN2O2S/c1-25-17-7-6-13(20)12-16(17)22-19(24)23-9-8-18(26-11-10-23)14-4-2-3-5-15(14)21/h2-7,12,18H,8-11H2,1H3,(H,22,24). The van der Waals surface area contributed by atoms with Crippen molar-refractivity contribution >= 4 is 35.1 Å². The zero-order valence-corrected chi connectivity index (χ0v) is 15.9. The summed E-state index contributed by atoms with van der Waals surface area (Å²) in [5, 5.41) is 3.43. The van der Waals surface area contributed by atoms with Crippen molar-refractivity contribution < 1.29 is 13.9 Å². The number of hydrogen-bond acceptors (Lipinski definition) is 3. The first kappa shape index (κ1) is 18.9. The van der Waals surface area contributed by atoms with E-state index in [4.69, 9.17) is 16.3 Å². The van der Waals surface area contributed by atoms with Gasteiger partial charge in [-0.05, 0) is 30.7 Å². The van der Waals surface area contributed by atoms with Gasteiger partial charge in [-0.1, -0.05) is 29.8 Å². The summed E-state index contributed by atoms with van der Waals surface area (Å²) in [5.74, 6) is 1.11. The largest absolute Gasteiger partial charge is 0.495 e. The summed E-state index contributed by atoms with van der Waals surface area (Å²) in [6.45, 7) is 1.16. The van der Waals surface area contributed by atoms with Gasteiger partial charge in [0, 0.05) is 34.7 Å². The molecule has 1 aliphatic rings. The number of methoxy groups -OCH3 is 1. The topological polar surface area (TPSA) is 41.6 Å². The molecule has 0 radical (unpaired) electrons. The van der Waals surface area contributed by atoms with Crippen LogP contribution in [0, 0.1) is 5.82 Å². The van der Waals surface area contributed by atoms with Gasteiger partial charge < -0.3 is 15.0 Å². The van der Waals surface area contributed by atoms with Gasteiger partial charge in [0.25, 0.3) is 0 Å². The van der Waals surface area contributed by atoms with Crippen LogP contribution in [0.1, 0.15) is 17.2 Å². The van der Waals surface area contributed by atoms with Crippen molar-refractivity contribution in [3.05, 3.63) is 58.9 Å². The molecule has 1 aliphatic heterocycles. The Morgan fingerprint density at radius 3 is 2.88 bits per heavy atom. The maximum Gasteiger partial charge on any atom is 0.321 e. The fraction of sp³-hybridized carbons (Fsp3) is 0.316. The van der Waals surface area contributed by atoms with Crippen LogP contribution in [0.4, 0.5) is 14.9 Å². The summed E-state index contributed by atoms with van der Waals surface area (Å²) in [6.07, 6.45) is 0.700. The first-order valence-electron chi connectivity index (χ1n) is 8.34. The monoisotopic (exact) mass is 394 g/mol. The highest BCUT2D eigenvalue weighted by Crippen LogP contribution is 2.36. The Hall–Kier alpha value is -1.92. The van der Waals surface area contributed by atoms with E-state index >= 15 is 0 Å². The van der Waals surface area contributed by atoms with Crippen molar-refractivity contribution in [3.63, 3.8) is 0 Å². The predicted octanol–water partition coefficient (Wildman–Crippen LogP) is 5.20. The molecule has 138 valence electrons. The predicted molar refractivity (Wildman–Crippen MR) is 105 cm³/mol. The van der Waals surface area contributed by atoms with E-state index in [9.17, 15) is 9.18 Å².